The van der Waals surface area contributed by atoms with E-state index in [1.54, 1.807) is 0 Å². The van der Waals surface area contributed by atoms with Crippen LogP contribution in [-0.4, -0.2) is 0 Å². The fraction of sp³-hybridized carbons (Fsp3) is 0.0769. The predicted molar refractivity (Wildman–Crippen MR) is 66.2 cm³/mol. The average Bonchev–Trinajstić information content (AvgIpc) is 2.63. The molecule has 2 aromatic carbocycles. The fourth-order valence-electron chi connectivity index (χ4n) is 1.90. The van der Waals surface area contributed by atoms with Gasteiger partial charge in [-0.2, -0.15) is 0 Å². The second-order valence-corrected chi connectivity index (χ2v) is 4.50. The molecule has 2 heteroatoms. The van der Waals surface area contributed by atoms with E-state index in [1.165, 1.54) is 10.8 Å². The zero-order valence-corrected chi connectivity index (χ0v) is 9.84. The van der Waals surface area contributed by atoms with E-state index >= 15 is 0 Å². The Labute approximate surface area is 95.8 Å². The largest absolute Gasteiger partial charge is 0.456 e. The smallest absolute Gasteiger partial charge is 0.139 e. The highest BCUT2D eigenvalue weighted by Gasteiger charge is 2.09. The predicted octanol–water partition coefficient (Wildman–Crippen LogP) is 4.66. The molecule has 1 aromatic heterocycles. The molecule has 0 radical (unpaired) electrons. The second kappa shape index (κ2) is 3.11. The van der Waals surface area contributed by atoms with Crippen LogP contribution in [0.25, 0.3) is 21.9 Å². The number of para-hydroxylation sites is 1. The number of aryl methyl sites for hydroxylation is 1. The summed E-state index contributed by atoms with van der Waals surface area (Å²) in [6.07, 6.45) is 0. The van der Waals surface area contributed by atoms with Crippen molar-refractivity contribution >= 4 is 37.9 Å². The normalized spacial score (nSPS) is 11.3. The lowest BCUT2D eigenvalue weighted by molar-refractivity contribution is 0.665. The Morgan fingerprint density at radius 3 is 2.67 bits per heavy atom. The Morgan fingerprint density at radius 1 is 1.00 bits per heavy atom. The molecular formula is C13H9BrO. The molecule has 1 nitrogen and oxygen atoms in total. The van der Waals surface area contributed by atoms with Crippen LogP contribution in [0.5, 0.6) is 0 Å². The Hall–Kier alpha value is -1.28. The summed E-state index contributed by atoms with van der Waals surface area (Å²) in [4.78, 5) is 0. The van der Waals surface area contributed by atoms with Crippen molar-refractivity contribution in [3.05, 3.63) is 46.4 Å². The second-order valence-electron chi connectivity index (χ2n) is 3.65. The molecule has 0 saturated carbocycles. The monoisotopic (exact) mass is 260 g/mol. The Morgan fingerprint density at radius 2 is 1.80 bits per heavy atom. The highest BCUT2D eigenvalue weighted by atomic mass is 79.9. The van der Waals surface area contributed by atoms with Gasteiger partial charge in [0.25, 0.3) is 0 Å². The van der Waals surface area contributed by atoms with Gasteiger partial charge in [-0.25, -0.2) is 0 Å². The molecule has 0 spiro atoms. The first-order valence-corrected chi connectivity index (χ1v) is 5.63. The summed E-state index contributed by atoms with van der Waals surface area (Å²) in [5.41, 5.74) is 3.09. The first kappa shape index (κ1) is 8.98. The van der Waals surface area contributed by atoms with Crippen LogP contribution in [0.15, 0.2) is 45.3 Å². The number of benzene rings is 2. The van der Waals surface area contributed by atoms with E-state index in [4.69, 9.17) is 4.42 Å². The molecule has 0 atom stereocenters. The molecule has 1 heterocycles. The van der Waals surface area contributed by atoms with Crippen molar-refractivity contribution < 1.29 is 4.42 Å². The molecule has 0 N–H and O–H groups in total. The average molecular weight is 261 g/mol. The van der Waals surface area contributed by atoms with Crippen LogP contribution in [0.3, 0.4) is 0 Å². The highest BCUT2D eigenvalue weighted by molar-refractivity contribution is 9.10. The third-order valence-corrected chi connectivity index (χ3v) is 3.59. The summed E-state index contributed by atoms with van der Waals surface area (Å²) in [6, 6.07) is 12.3. The van der Waals surface area contributed by atoms with Crippen molar-refractivity contribution in [2.45, 2.75) is 6.92 Å². The number of halogens is 1. The van der Waals surface area contributed by atoms with Gasteiger partial charge in [0.2, 0.25) is 0 Å². The molecule has 74 valence electrons. The molecule has 0 aliphatic rings. The summed E-state index contributed by atoms with van der Waals surface area (Å²) in [6.45, 7) is 2.06. The van der Waals surface area contributed by atoms with Gasteiger partial charge < -0.3 is 4.42 Å². The van der Waals surface area contributed by atoms with Crippen molar-refractivity contribution in [2.75, 3.05) is 0 Å². The molecule has 0 aliphatic carbocycles. The lowest BCUT2D eigenvalue weighted by Gasteiger charge is -1.97. The number of furan rings is 1. The van der Waals surface area contributed by atoms with E-state index in [0.29, 0.717) is 0 Å². The van der Waals surface area contributed by atoms with Gasteiger partial charge in [0, 0.05) is 20.8 Å². The number of rotatable bonds is 0. The van der Waals surface area contributed by atoms with Crippen molar-refractivity contribution in [1.29, 1.82) is 0 Å². The summed E-state index contributed by atoms with van der Waals surface area (Å²) < 4.78 is 6.93. The molecule has 3 rings (SSSR count). The molecule has 0 unspecified atom stereocenters. The van der Waals surface area contributed by atoms with Gasteiger partial charge in [0.15, 0.2) is 0 Å². The lowest BCUT2D eigenvalue weighted by Crippen LogP contribution is -1.75. The molecule has 0 aliphatic heterocycles. The first-order valence-electron chi connectivity index (χ1n) is 4.84. The molecule has 0 saturated heterocycles. The first-order chi connectivity index (χ1) is 7.27. The quantitative estimate of drug-likeness (QED) is 0.573. The van der Waals surface area contributed by atoms with Crippen LogP contribution in [0, 0.1) is 6.92 Å². The summed E-state index contributed by atoms with van der Waals surface area (Å²) >= 11 is 3.51. The standard InChI is InChI=1S/C13H9BrO/c1-8-11(14)7-6-10-9-4-2-3-5-12(9)15-13(8)10/h2-7H,1H3. The van der Waals surface area contributed by atoms with Crippen molar-refractivity contribution in [2.24, 2.45) is 0 Å². The van der Waals surface area contributed by atoms with E-state index in [-0.39, 0.29) is 0 Å². The number of hydrogen-bond acceptors (Lipinski definition) is 1. The van der Waals surface area contributed by atoms with E-state index in [0.717, 1.165) is 21.2 Å². The highest BCUT2D eigenvalue weighted by Crippen LogP contribution is 2.33. The third-order valence-electron chi connectivity index (χ3n) is 2.73. The summed E-state index contributed by atoms with van der Waals surface area (Å²) in [7, 11) is 0. The molecular weight excluding hydrogens is 252 g/mol. The maximum atomic E-state index is 5.83. The van der Waals surface area contributed by atoms with Crippen LogP contribution in [-0.2, 0) is 0 Å². The van der Waals surface area contributed by atoms with Gasteiger partial charge in [-0.05, 0) is 25.1 Å². The Bertz CT molecular complexity index is 652. The van der Waals surface area contributed by atoms with Crippen LogP contribution in [0.2, 0.25) is 0 Å². The minimum absolute atomic E-state index is 0.953. The topological polar surface area (TPSA) is 13.1 Å². The minimum Gasteiger partial charge on any atom is -0.456 e. The number of fused-ring (bicyclic) bond motifs is 3. The van der Waals surface area contributed by atoms with E-state index in [2.05, 4.69) is 41.1 Å². The van der Waals surface area contributed by atoms with Crippen molar-refractivity contribution in [3.63, 3.8) is 0 Å². The Balaban J connectivity index is 2.60. The van der Waals surface area contributed by atoms with Crippen LogP contribution >= 0.6 is 15.9 Å². The van der Waals surface area contributed by atoms with Gasteiger partial charge in [0.05, 0.1) is 0 Å². The maximum absolute atomic E-state index is 5.83. The molecule has 0 fully saturated rings. The van der Waals surface area contributed by atoms with E-state index < -0.39 is 0 Å². The van der Waals surface area contributed by atoms with Crippen molar-refractivity contribution in [3.8, 4) is 0 Å². The van der Waals surface area contributed by atoms with Gasteiger partial charge >= 0.3 is 0 Å². The molecule has 3 aromatic rings. The van der Waals surface area contributed by atoms with E-state index in [1.807, 2.05) is 18.2 Å². The SMILES string of the molecule is Cc1c(Br)ccc2c1oc1ccccc12. The van der Waals surface area contributed by atoms with Crippen LogP contribution in [0.1, 0.15) is 5.56 Å². The zero-order valence-electron chi connectivity index (χ0n) is 8.25. The summed E-state index contributed by atoms with van der Waals surface area (Å²) in [5.74, 6) is 0. The van der Waals surface area contributed by atoms with Crippen LogP contribution < -0.4 is 0 Å². The summed E-state index contributed by atoms with van der Waals surface area (Å²) in [5, 5.41) is 2.37. The Kier molecular flexibility index (Phi) is 1.86. The maximum Gasteiger partial charge on any atom is 0.139 e. The van der Waals surface area contributed by atoms with Gasteiger partial charge in [-0.1, -0.05) is 34.1 Å². The van der Waals surface area contributed by atoms with Crippen LogP contribution in [0.4, 0.5) is 0 Å². The third kappa shape index (κ3) is 1.21. The van der Waals surface area contributed by atoms with Crippen molar-refractivity contribution in [1.82, 2.24) is 0 Å². The molecule has 0 bridgehead atoms. The number of hydrogen-bond donors (Lipinski definition) is 0. The van der Waals surface area contributed by atoms with Gasteiger partial charge in [-0.15, -0.1) is 0 Å². The molecule has 15 heavy (non-hydrogen) atoms. The zero-order chi connectivity index (χ0) is 10.4. The minimum atomic E-state index is 0.953. The fourth-order valence-corrected chi connectivity index (χ4v) is 2.21. The van der Waals surface area contributed by atoms with E-state index in [9.17, 15) is 0 Å². The molecule has 0 amide bonds. The van der Waals surface area contributed by atoms with Gasteiger partial charge in [0.1, 0.15) is 11.2 Å². The lowest BCUT2D eigenvalue weighted by atomic mass is 10.1. The van der Waals surface area contributed by atoms with Gasteiger partial charge in [-0.3, -0.25) is 0 Å².